The van der Waals surface area contributed by atoms with E-state index in [0.29, 0.717) is 33.5 Å². The van der Waals surface area contributed by atoms with E-state index in [1.54, 1.807) is 19.2 Å². The predicted molar refractivity (Wildman–Crippen MR) is 215 cm³/mol. The van der Waals surface area contributed by atoms with Gasteiger partial charge in [-0.05, 0) is 84.0 Å². The van der Waals surface area contributed by atoms with Crippen molar-refractivity contribution in [3.05, 3.63) is 58.3 Å². The zero-order chi connectivity index (χ0) is 40.5. The first-order chi connectivity index (χ1) is 25.1. The standard InChI is InChI=1S/C13H17N5O.C12H14BrN5O.C9H4.C2H2.CH5BO2/c1-7(2)9-5-16-8(3)4-10(9)19-11-6-17-13(15)18-12(11)14;1-6(2)7-4-16-10(13)3-8(7)19-9-5-17-12(15)18-11(9)14;1-3-5-7-9-8-6-4-2;1-2;1-2(3)4/h4-7H,1-3H3,(H4,14,15,17,18);3-6H,1-2H3,(H4,14,15,17,18);1H,2H3;1-2H;3-4H,1H3. The van der Waals surface area contributed by atoms with Gasteiger partial charge in [-0.3, -0.25) is 4.98 Å². The summed E-state index contributed by atoms with van der Waals surface area (Å²) in [6.45, 7) is 13.1. The predicted octanol–water partition coefficient (Wildman–Crippen LogP) is 4.96. The van der Waals surface area contributed by atoms with Crippen molar-refractivity contribution in [2.45, 2.75) is 60.2 Å². The molecule has 0 aromatic carbocycles. The molecule has 4 aromatic rings. The maximum atomic E-state index is 7.61. The molecule has 53 heavy (non-hydrogen) atoms. The SMILES string of the molecule is C#C.C#CC#CC#CC#CC.CB(O)O.CC(C)c1cnc(Br)cc1Oc1cnc(N)nc1N.Cc1cc(Oc2cnc(N)nc2N)c(C(C)C)cn1. The summed E-state index contributed by atoms with van der Waals surface area (Å²) in [4.78, 5) is 23.9. The van der Waals surface area contributed by atoms with Crippen molar-refractivity contribution in [3.63, 3.8) is 0 Å². The molecule has 0 aliphatic heterocycles. The van der Waals surface area contributed by atoms with E-state index >= 15 is 0 Å². The van der Waals surface area contributed by atoms with Crippen molar-refractivity contribution in [3.8, 4) is 83.7 Å². The van der Waals surface area contributed by atoms with Gasteiger partial charge in [-0.1, -0.05) is 33.6 Å². The second-order valence-electron chi connectivity index (χ2n) is 10.5. The Kier molecular flexibility index (Phi) is 22.4. The topological polar surface area (TPSA) is 240 Å². The van der Waals surface area contributed by atoms with Crippen LogP contribution in [0, 0.1) is 67.6 Å². The molecule has 0 aliphatic rings. The summed E-state index contributed by atoms with van der Waals surface area (Å²) in [6.07, 6.45) is 19.3. The van der Waals surface area contributed by atoms with Gasteiger partial charge in [0.2, 0.25) is 11.9 Å². The Hall–Kier alpha value is -6.48. The Balaban J connectivity index is 0.000000748. The van der Waals surface area contributed by atoms with Crippen LogP contribution in [0.4, 0.5) is 23.5 Å². The summed E-state index contributed by atoms with van der Waals surface area (Å²) >= 11 is 3.32. The Morgan fingerprint density at radius 3 is 1.53 bits per heavy atom. The van der Waals surface area contributed by atoms with Crippen molar-refractivity contribution < 1.29 is 19.5 Å². The molecule has 4 aromatic heterocycles. The van der Waals surface area contributed by atoms with E-state index in [1.165, 1.54) is 19.2 Å². The first-order valence-corrected chi connectivity index (χ1v) is 16.2. The lowest BCUT2D eigenvalue weighted by Crippen LogP contribution is -2.03. The quantitative estimate of drug-likeness (QED) is 0.0861. The van der Waals surface area contributed by atoms with Crippen LogP contribution in [0.25, 0.3) is 0 Å². The molecule has 0 fully saturated rings. The van der Waals surface area contributed by atoms with E-state index in [9.17, 15) is 0 Å². The molecular formula is C37H42BBrN10O4. The summed E-state index contributed by atoms with van der Waals surface area (Å²) in [5.41, 5.74) is 25.3. The molecule has 4 heterocycles. The Morgan fingerprint density at radius 2 is 1.11 bits per heavy atom. The van der Waals surface area contributed by atoms with E-state index in [2.05, 4.69) is 128 Å². The van der Waals surface area contributed by atoms with E-state index in [1.807, 2.05) is 19.2 Å². The molecule has 0 radical (unpaired) electrons. The second kappa shape index (κ2) is 25.5. The third-order valence-electron chi connectivity index (χ3n) is 5.63. The minimum absolute atomic E-state index is 0.116. The number of halogens is 1. The van der Waals surface area contributed by atoms with Gasteiger partial charge >= 0.3 is 7.12 Å². The third kappa shape index (κ3) is 18.9. The van der Waals surface area contributed by atoms with Gasteiger partial charge in [0, 0.05) is 41.3 Å². The van der Waals surface area contributed by atoms with Crippen molar-refractivity contribution >= 4 is 46.6 Å². The molecule has 14 nitrogen and oxygen atoms in total. The highest BCUT2D eigenvalue weighted by Crippen LogP contribution is 2.34. The number of ether oxygens (including phenoxy) is 2. The van der Waals surface area contributed by atoms with Crippen molar-refractivity contribution in [1.29, 1.82) is 0 Å². The minimum atomic E-state index is -1.17. The fraction of sp³-hybridized carbons (Fsp3) is 0.243. The first-order valence-electron chi connectivity index (χ1n) is 15.4. The fourth-order valence-electron chi connectivity index (χ4n) is 3.40. The average molecular weight is 782 g/mol. The first kappa shape index (κ1) is 46.5. The molecule has 0 bridgehead atoms. The third-order valence-corrected chi connectivity index (χ3v) is 6.06. The van der Waals surface area contributed by atoms with Gasteiger partial charge in [0.05, 0.1) is 12.4 Å². The highest BCUT2D eigenvalue weighted by molar-refractivity contribution is 9.10. The van der Waals surface area contributed by atoms with E-state index < -0.39 is 7.12 Å². The van der Waals surface area contributed by atoms with Crippen LogP contribution in [-0.4, -0.2) is 47.1 Å². The summed E-state index contributed by atoms with van der Waals surface area (Å²) in [7, 11) is -1.17. The molecule has 274 valence electrons. The monoisotopic (exact) mass is 780 g/mol. The number of anilines is 4. The minimum Gasteiger partial charge on any atom is -0.451 e. The number of terminal acetylenes is 2. The number of pyridine rings is 2. The number of nitrogens with two attached hydrogens (primary N) is 4. The van der Waals surface area contributed by atoms with Crippen LogP contribution < -0.4 is 32.4 Å². The van der Waals surface area contributed by atoms with Crippen molar-refractivity contribution in [2.75, 3.05) is 22.9 Å². The van der Waals surface area contributed by atoms with E-state index in [-0.39, 0.29) is 29.5 Å². The normalized spacial score (nSPS) is 8.85. The van der Waals surface area contributed by atoms with Gasteiger partial charge < -0.3 is 42.5 Å². The lowest BCUT2D eigenvalue weighted by molar-refractivity contribution is 0.417. The van der Waals surface area contributed by atoms with Crippen LogP contribution in [0.2, 0.25) is 6.82 Å². The molecule has 0 aliphatic carbocycles. The van der Waals surface area contributed by atoms with E-state index in [4.69, 9.17) is 48.9 Å². The summed E-state index contributed by atoms with van der Waals surface area (Å²) < 4.78 is 12.2. The van der Waals surface area contributed by atoms with Gasteiger partial charge in [0.1, 0.15) is 16.1 Å². The number of nitrogens with zero attached hydrogens (tertiary/aromatic N) is 6. The molecule has 0 saturated carbocycles. The van der Waals surface area contributed by atoms with Crippen LogP contribution in [-0.2, 0) is 0 Å². The molecule has 0 spiro atoms. The Bertz CT molecular complexity index is 1920. The molecule has 10 N–H and O–H groups in total. The van der Waals surface area contributed by atoms with Crippen LogP contribution in [0.3, 0.4) is 0 Å². The number of aromatic nitrogens is 6. The van der Waals surface area contributed by atoms with Crippen LogP contribution in [0.1, 0.15) is 63.3 Å². The number of hydrogen-bond donors (Lipinski definition) is 6. The molecule has 0 atom stereocenters. The number of nitrogen functional groups attached to an aromatic ring is 4. The van der Waals surface area contributed by atoms with Gasteiger partial charge in [0.25, 0.3) is 0 Å². The molecular weight excluding hydrogens is 739 g/mol. The van der Waals surface area contributed by atoms with Crippen LogP contribution in [0.5, 0.6) is 23.0 Å². The number of aryl methyl sites for hydroxylation is 1. The number of rotatable bonds is 6. The highest BCUT2D eigenvalue weighted by atomic mass is 79.9. The highest BCUT2D eigenvalue weighted by Gasteiger charge is 2.14. The summed E-state index contributed by atoms with van der Waals surface area (Å²) in [5, 5.41) is 15.2. The van der Waals surface area contributed by atoms with E-state index in [0.717, 1.165) is 16.8 Å². The molecule has 0 saturated heterocycles. The molecule has 0 unspecified atom stereocenters. The molecule has 4 rings (SSSR count). The largest absolute Gasteiger partial charge is 0.451 e. The zero-order valence-electron chi connectivity index (χ0n) is 30.5. The molecule has 16 heteroatoms. The van der Waals surface area contributed by atoms with Gasteiger partial charge in [-0.2, -0.15) is 9.97 Å². The number of hydrogen-bond acceptors (Lipinski definition) is 14. The average Bonchev–Trinajstić information content (AvgIpc) is 3.08. The van der Waals surface area contributed by atoms with Crippen molar-refractivity contribution in [2.24, 2.45) is 0 Å². The second-order valence-corrected chi connectivity index (χ2v) is 11.3. The van der Waals surface area contributed by atoms with Gasteiger partial charge in [-0.15, -0.1) is 19.3 Å². The van der Waals surface area contributed by atoms with Gasteiger partial charge in [0.15, 0.2) is 23.1 Å². The zero-order valence-corrected chi connectivity index (χ0v) is 32.1. The van der Waals surface area contributed by atoms with Crippen LogP contribution >= 0.6 is 15.9 Å². The summed E-state index contributed by atoms with van der Waals surface area (Å²) in [5.74, 6) is 20.3. The smallest absolute Gasteiger partial charge is 0.448 e. The lowest BCUT2D eigenvalue weighted by atomic mass is 9.99. The Labute approximate surface area is 320 Å². The maximum Gasteiger partial charge on any atom is 0.448 e. The molecule has 0 amide bonds. The van der Waals surface area contributed by atoms with Gasteiger partial charge in [-0.25, -0.2) is 15.0 Å². The Morgan fingerprint density at radius 1 is 0.698 bits per heavy atom. The summed E-state index contributed by atoms with van der Waals surface area (Å²) in [6, 6.07) is 3.65. The maximum absolute atomic E-state index is 7.61. The fourth-order valence-corrected chi connectivity index (χ4v) is 3.71. The van der Waals surface area contributed by atoms with Crippen LogP contribution in [0.15, 0.2) is 41.5 Å². The lowest BCUT2D eigenvalue weighted by Gasteiger charge is -2.14. The van der Waals surface area contributed by atoms with Crippen molar-refractivity contribution in [1.82, 2.24) is 29.9 Å².